The molecule has 1 aromatic rings. The Labute approximate surface area is 197 Å². The highest BCUT2D eigenvalue weighted by Crippen LogP contribution is 2.41. The van der Waals surface area contributed by atoms with Crippen LogP contribution in [-0.4, -0.2) is 13.8 Å². The average molecular weight is 443 g/mol. The Kier molecular flexibility index (Phi) is 11.1. The van der Waals surface area contributed by atoms with E-state index < -0.39 is 0 Å². The first kappa shape index (κ1) is 25.3. The number of unbranched alkanes of at least 4 members (excludes halogenated alkanes) is 2. The molecule has 0 heterocycles. The van der Waals surface area contributed by atoms with Crippen LogP contribution < -0.4 is 4.74 Å². The minimum absolute atomic E-state index is 0.165. The number of alkyl halides is 1. The summed E-state index contributed by atoms with van der Waals surface area (Å²) in [5.74, 6) is 4.44. The first-order valence-electron chi connectivity index (χ1n) is 13.6. The fourth-order valence-electron chi connectivity index (χ4n) is 6.13. The van der Waals surface area contributed by atoms with Crippen LogP contribution in [0.4, 0.5) is 4.39 Å². The van der Waals surface area contributed by atoms with Crippen molar-refractivity contribution in [3.63, 3.8) is 0 Å². The highest BCUT2D eigenvalue weighted by Gasteiger charge is 2.26. The molecule has 0 bridgehead atoms. The first-order chi connectivity index (χ1) is 15.7. The van der Waals surface area contributed by atoms with E-state index in [0.717, 1.165) is 48.7 Å². The normalized spacial score (nSPS) is 26.5. The second kappa shape index (κ2) is 14.1. The van der Waals surface area contributed by atoms with Gasteiger partial charge in [-0.15, -0.1) is 0 Å². The molecule has 1 aromatic carbocycles. The van der Waals surface area contributed by atoms with Gasteiger partial charge in [0.15, 0.2) is 0 Å². The van der Waals surface area contributed by atoms with Crippen molar-refractivity contribution in [1.29, 1.82) is 0 Å². The predicted octanol–water partition coefficient (Wildman–Crippen LogP) is 9.20. The SMILES string of the molecule is CCCc1ccc(OC)cc1C1CCC(CCC2CCC(/C=C/CCCCF)CC2)CC1. The number of allylic oxidation sites excluding steroid dienone is 2. The third-order valence-electron chi connectivity index (χ3n) is 8.20. The maximum atomic E-state index is 12.2. The standard InChI is InChI=1S/C30H47FO/c1-3-8-27-20-21-29(32-2)23-30(27)28-18-16-26(17-19-28)15-14-25-12-10-24(11-13-25)9-6-4-5-7-22-31/h6,9,20-21,23-26,28H,3-5,7-8,10-19,22H2,1-2H3/b9-6+. The lowest BCUT2D eigenvalue weighted by molar-refractivity contribution is 0.245. The van der Waals surface area contributed by atoms with E-state index in [0.29, 0.717) is 0 Å². The molecule has 0 atom stereocenters. The molecular weight excluding hydrogens is 395 g/mol. The summed E-state index contributed by atoms with van der Waals surface area (Å²) in [6, 6.07) is 6.76. The lowest BCUT2D eigenvalue weighted by atomic mass is 9.73. The minimum Gasteiger partial charge on any atom is -0.497 e. The molecule has 0 aromatic heterocycles. The molecule has 0 saturated heterocycles. The number of ether oxygens (including phenoxy) is 1. The molecule has 0 unspecified atom stereocenters. The third-order valence-corrected chi connectivity index (χ3v) is 8.20. The largest absolute Gasteiger partial charge is 0.497 e. The highest BCUT2D eigenvalue weighted by molar-refractivity contribution is 5.38. The zero-order valence-electron chi connectivity index (χ0n) is 20.8. The van der Waals surface area contributed by atoms with E-state index in [9.17, 15) is 4.39 Å². The van der Waals surface area contributed by atoms with Crippen molar-refractivity contribution in [3.8, 4) is 5.75 Å². The van der Waals surface area contributed by atoms with Crippen molar-refractivity contribution < 1.29 is 9.13 Å². The summed E-state index contributed by atoms with van der Waals surface area (Å²) < 4.78 is 17.7. The van der Waals surface area contributed by atoms with Gasteiger partial charge in [-0.2, -0.15) is 0 Å². The second-order valence-electron chi connectivity index (χ2n) is 10.5. The van der Waals surface area contributed by atoms with Crippen LogP contribution in [0.15, 0.2) is 30.4 Å². The summed E-state index contributed by atoms with van der Waals surface area (Å²) >= 11 is 0. The van der Waals surface area contributed by atoms with Crippen molar-refractivity contribution in [3.05, 3.63) is 41.5 Å². The minimum atomic E-state index is -0.165. The van der Waals surface area contributed by atoms with Gasteiger partial charge in [-0.1, -0.05) is 44.4 Å². The molecule has 0 aliphatic heterocycles. The lowest BCUT2D eigenvalue weighted by Crippen LogP contribution is -2.17. The van der Waals surface area contributed by atoms with Crippen LogP contribution in [0, 0.1) is 17.8 Å². The van der Waals surface area contributed by atoms with Crippen molar-refractivity contribution in [2.24, 2.45) is 17.8 Å². The fraction of sp³-hybridized carbons (Fsp3) is 0.733. The highest BCUT2D eigenvalue weighted by atomic mass is 19.1. The monoisotopic (exact) mass is 442 g/mol. The number of hydrogen-bond acceptors (Lipinski definition) is 1. The quantitative estimate of drug-likeness (QED) is 0.231. The van der Waals surface area contributed by atoms with Gasteiger partial charge in [-0.05, 0) is 124 Å². The number of hydrogen-bond donors (Lipinski definition) is 0. The summed E-state index contributed by atoms with van der Waals surface area (Å²) in [5.41, 5.74) is 3.12. The number of aryl methyl sites for hydroxylation is 1. The van der Waals surface area contributed by atoms with Gasteiger partial charge in [0, 0.05) is 0 Å². The molecule has 32 heavy (non-hydrogen) atoms. The molecule has 3 rings (SSSR count). The van der Waals surface area contributed by atoms with E-state index in [-0.39, 0.29) is 6.67 Å². The van der Waals surface area contributed by atoms with Gasteiger partial charge >= 0.3 is 0 Å². The Morgan fingerprint density at radius 2 is 1.62 bits per heavy atom. The summed E-state index contributed by atoms with van der Waals surface area (Å²) in [6.07, 6.45) is 23.9. The van der Waals surface area contributed by atoms with Crippen LogP contribution in [0.3, 0.4) is 0 Å². The number of rotatable bonds is 12. The van der Waals surface area contributed by atoms with Gasteiger partial charge < -0.3 is 4.74 Å². The molecule has 1 nitrogen and oxygen atoms in total. The van der Waals surface area contributed by atoms with Gasteiger partial charge in [0.25, 0.3) is 0 Å². The molecule has 180 valence electrons. The Morgan fingerprint density at radius 1 is 0.938 bits per heavy atom. The summed E-state index contributed by atoms with van der Waals surface area (Å²) in [4.78, 5) is 0. The predicted molar refractivity (Wildman–Crippen MR) is 135 cm³/mol. The van der Waals surface area contributed by atoms with E-state index in [2.05, 4.69) is 37.3 Å². The molecule has 0 spiro atoms. The smallest absolute Gasteiger partial charge is 0.119 e. The van der Waals surface area contributed by atoms with Gasteiger partial charge in [0.1, 0.15) is 5.75 Å². The zero-order chi connectivity index (χ0) is 22.6. The molecule has 2 fully saturated rings. The summed E-state index contributed by atoms with van der Waals surface area (Å²) in [7, 11) is 1.79. The number of methoxy groups -OCH3 is 1. The van der Waals surface area contributed by atoms with Crippen LogP contribution >= 0.6 is 0 Å². The van der Waals surface area contributed by atoms with Gasteiger partial charge in [0.2, 0.25) is 0 Å². The average Bonchev–Trinajstić information content (AvgIpc) is 2.84. The summed E-state index contributed by atoms with van der Waals surface area (Å²) in [6.45, 7) is 2.12. The van der Waals surface area contributed by atoms with E-state index in [4.69, 9.17) is 4.74 Å². The second-order valence-corrected chi connectivity index (χ2v) is 10.5. The molecule has 2 aliphatic rings. The van der Waals surface area contributed by atoms with Crippen LogP contribution in [-0.2, 0) is 6.42 Å². The van der Waals surface area contributed by atoms with E-state index in [1.54, 1.807) is 18.2 Å². The van der Waals surface area contributed by atoms with Crippen molar-refractivity contribution in [2.45, 2.75) is 109 Å². The van der Waals surface area contributed by atoms with E-state index in [1.807, 2.05) is 0 Å². The van der Waals surface area contributed by atoms with E-state index >= 15 is 0 Å². The number of benzene rings is 1. The third kappa shape index (κ3) is 7.92. The van der Waals surface area contributed by atoms with Crippen molar-refractivity contribution in [1.82, 2.24) is 0 Å². The van der Waals surface area contributed by atoms with Crippen LogP contribution in [0.2, 0.25) is 0 Å². The maximum absolute atomic E-state index is 12.2. The molecule has 0 radical (unpaired) electrons. The molecule has 2 aliphatic carbocycles. The van der Waals surface area contributed by atoms with Crippen molar-refractivity contribution >= 4 is 0 Å². The van der Waals surface area contributed by atoms with Crippen molar-refractivity contribution in [2.75, 3.05) is 13.8 Å². The van der Waals surface area contributed by atoms with Crippen LogP contribution in [0.1, 0.15) is 114 Å². The maximum Gasteiger partial charge on any atom is 0.119 e. The molecule has 2 heteroatoms. The molecule has 0 N–H and O–H groups in total. The van der Waals surface area contributed by atoms with Crippen LogP contribution in [0.25, 0.3) is 0 Å². The van der Waals surface area contributed by atoms with Gasteiger partial charge in [0.05, 0.1) is 13.8 Å². The first-order valence-corrected chi connectivity index (χ1v) is 13.6. The Hall–Kier alpha value is -1.31. The Bertz CT molecular complexity index is 665. The zero-order valence-corrected chi connectivity index (χ0v) is 20.8. The Morgan fingerprint density at radius 3 is 2.25 bits per heavy atom. The fourth-order valence-corrected chi connectivity index (χ4v) is 6.13. The van der Waals surface area contributed by atoms with Crippen LogP contribution in [0.5, 0.6) is 5.75 Å². The van der Waals surface area contributed by atoms with Gasteiger partial charge in [-0.3, -0.25) is 4.39 Å². The van der Waals surface area contributed by atoms with Gasteiger partial charge in [-0.25, -0.2) is 0 Å². The number of halogens is 1. The topological polar surface area (TPSA) is 9.23 Å². The Balaban J connectivity index is 1.37. The molecule has 0 amide bonds. The molecular formula is C30H47FO. The lowest BCUT2D eigenvalue weighted by Gasteiger charge is -2.32. The van der Waals surface area contributed by atoms with E-state index in [1.165, 1.54) is 77.0 Å². The molecule has 2 saturated carbocycles. The summed E-state index contributed by atoms with van der Waals surface area (Å²) in [5, 5.41) is 0.